The zero-order chi connectivity index (χ0) is 42.7. The van der Waals surface area contributed by atoms with Crippen LogP contribution in [0.3, 0.4) is 0 Å². The largest absolute Gasteiger partial charge is 0.309 e. The van der Waals surface area contributed by atoms with Crippen LogP contribution in [0.1, 0.15) is 157 Å². The van der Waals surface area contributed by atoms with Crippen molar-refractivity contribution < 1.29 is 0 Å². The Kier molecular flexibility index (Phi) is 11.5. The van der Waals surface area contributed by atoms with Gasteiger partial charge >= 0.3 is 0 Å². The number of rotatable bonds is 6. The van der Waals surface area contributed by atoms with Crippen molar-refractivity contribution in [3.05, 3.63) is 140 Å². The van der Waals surface area contributed by atoms with E-state index in [1.807, 2.05) is 11.3 Å². The summed E-state index contributed by atoms with van der Waals surface area (Å²) in [6.45, 7) is 18.9. The molecule has 0 atom stereocenters. The van der Waals surface area contributed by atoms with Crippen molar-refractivity contribution in [2.24, 2.45) is 0 Å². The third-order valence-electron chi connectivity index (χ3n) is 14.6. The van der Waals surface area contributed by atoms with Crippen LogP contribution in [0.4, 0.5) is 34.1 Å². The van der Waals surface area contributed by atoms with Gasteiger partial charge in [0.15, 0.2) is 0 Å². The average Bonchev–Trinajstić information content (AvgIpc) is 3.62. The molecule has 0 saturated heterocycles. The maximum Gasteiger partial charge on any atom is 0.0887 e. The maximum absolute atomic E-state index is 8.14. The molecule has 0 unspecified atom stereocenters. The lowest BCUT2D eigenvalue weighted by atomic mass is 9.63. The molecule has 0 saturated carbocycles. The lowest BCUT2D eigenvalue weighted by Gasteiger charge is -2.42. The minimum absolute atomic E-state index is 0.0222. The van der Waals surface area contributed by atoms with Crippen molar-refractivity contribution in [1.82, 2.24) is 0 Å². The first-order chi connectivity index (χ1) is 29.2. The standard InChI is InChI=1S/C57H67ClN2S/c1-38-31-50(59(44-24-21-39-17-13-9-11-15-19-41(39)33-44)45-25-22-40-18-14-10-12-16-20-42(40)34-45)54(58)51(32-38)60(52-37-61-53-28-23-43(35-47(52)53)55(2,3)4)46-26-27-48-49(36-46)57(7,8)30-29-56(48,5)6/h21-28,31-37H,9-20,29-30H2,1-8H3. The molecule has 0 radical (unpaired) electrons. The van der Waals surface area contributed by atoms with E-state index in [0.29, 0.717) is 0 Å². The summed E-state index contributed by atoms with van der Waals surface area (Å²) < 4.78 is 1.29. The summed E-state index contributed by atoms with van der Waals surface area (Å²) in [7, 11) is 0. The number of hydrogen-bond acceptors (Lipinski definition) is 3. The molecule has 5 aromatic carbocycles. The van der Waals surface area contributed by atoms with Crippen LogP contribution < -0.4 is 9.80 Å². The smallest absolute Gasteiger partial charge is 0.0887 e. The fraction of sp³-hybridized carbons (Fsp3) is 0.439. The summed E-state index contributed by atoms with van der Waals surface area (Å²) >= 11 is 9.97. The Morgan fingerprint density at radius 3 is 1.61 bits per heavy atom. The van der Waals surface area contributed by atoms with E-state index < -0.39 is 0 Å². The molecule has 1 heterocycles. The highest BCUT2D eigenvalue weighted by Crippen LogP contribution is 2.53. The monoisotopic (exact) mass is 846 g/mol. The second-order valence-electron chi connectivity index (χ2n) is 21.1. The van der Waals surface area contributed by atoms with Gasteiger partial charge in [0.05, 0.1) is 22.1 Å². The van der Waals surface area contributed by atoms with E-state index in [0.717, 1.165) is 34.9 Å². The van der Waals surface area contributed by atoms with Crippen molar-refractivity contribution in [3.8, 4) is 0 Å². The number of thiophene rings is 1. The average molecular weight is 848 g/mol. The summed E-state index contributed by atoms with van der Waals surface area (Å²) in [6.07, 6.45) is 17.3. The van der Waals surface area contributed by atoms with Crippen LogP contribution in [0, 0.1) is 6.92 Å². The van der Waals surface area contributed by atoms with E-state index in [4.69, 9.17) is 11.6 Å². The lowest BCUT2D eigenvalue weighted by molar-refractivity contribution is 0.332. The minimum Gasteiger partial charge on any atom is -0.309 e. The van der Waals surface area contributed by atoms with Crippen molar-refractivity contribution >= 4 is 67.1 Å². The zero-order valence-corrected chi connectivity index (χ0v) is 39.8. The normalized spacial score (nSPS) is 17.6. The highest BCUT2D eigenvalue weighted by Gasteiger charge is 2.38. The molecular weight excluding hydrogens is 780 g/mol. The first kappa shape index (κ1) is 42.3. The van der Waals surface area contributed by atoms with Crippen molar-refractivity contribution in [2.45, 2.75) is 162 Å². The SMILES string of the molecule is Cc1cc(N(c2ccc3c(c2)CCCCCC3)c2ccc3c(c2)CCCCCC3)c(Cl)c(N(c2ccc3c(c2)C(C)(C)CCC3(C)C)c2csc3ccc(C(C)(C)C)cc23)c1. The molecule has 3 aliphatic carbocycles. The van der Waals surface area contributed by atoms with Gasteiger partial charge in [-0.3, -0.25) is 0 Å². The van der Waals surface area contributed by atoms with E-state index in [1.54, 1.807) is 0 Å². The molecule has 2 nitrogen and oxygen atoms in total. The van der Waals surface area contributed by atoms with Crippen LogP contribution >= 0.6 is 22.9 Å². The molecular formula is C57H67ClN2S. The molecule has 4 heteroatoms. The lowest BCUT2D eigenvalue weighted by Crippen LogP contribution is -2.34. The second-order valence-corrected chi connectivity index (χ2v) is 22.4. The van der Waals surface area contributed by atoms with Gasteiger partial charge in [-0.25, -0.2) is 0 Å². The van der Waals surface area contributed by atoms with Gasteiger partial charge in [-0.05, 0) is 193 Å². The maximum atomic E-state index is 8.14. The zero-order valence-electron chi connectivity index (χ0n) is 38.2. The molecule has 6 aromatic rings. The van der Waals surface area contributed by atoms with Crippen LogP contribution in [0.25, 0.3) is 10.1 Å². The number of aryl methyl sites for hydroxylation is 5. The molecule has 0 amide bonds. The molecule has 0 N–H and O–H groups in total. The number of fused-ring (bicyclic) bond motifs is 4. The van der Waals surface area contributed by atoms with Crippen LogP contribution in [-0.2, 0) is 41.9 Å². The van der Waals surface area contributed by atoms with Crippen molar-refractivity contribution in [3.63, 3.8) is 0 Å². The Morgan fingerprint density at radius 2 is 1.03 bits per heavy atom. The van der Waals surface area contributed by atoms with Gasteiger partial charge < -0.3 is 9.80 Å². The Balaban J connectivity index is 1.29. The molecule has 61 heavy (non-hydrogen) atoms. The van der Waals surface area contributed by atoms with Crippen molar-refractivity contribution in [1.29, 1.82) is 0 Å². The molecule has 9 rings (SSSR count). The Hall–Kier alpha value is -4.05. The topological polar surface area (TPSA) is 6.48 Å². The summed E-state index contributed by atoms with van der Waals surface area (Å²) in [5.74, 6) is 0. The van der Waals surface area contributed by atoms with Crippen LogP contribution in [0.2, 0.25) is 5.02 Å². The third kappa shape index (κ3) is 8.31. The number of nitrogens with zero attached hydrogens (tertiary/aromatic N) is 2. The van der Waals surface area contributed by atoms with E-state index in [1.165, 1.54) is 149 Å². The van der Waals surface area contributed by atoms with Gasteiger partial charge in [0, 0.05) is 32.5 Å². The van der Waals surface area contributed by atoms with Gasteiger partial charge in [-0.15, -0.1) is 11.3 Å². The number of anilines is 6. The number of hydrogen-bond donors (Lipinski definition) is 0. The fourth-order valence-corrected chi connectivity index (χ4v) is 11.9. The van der Waals surface area contributed by atoms with E-state index >= 15 is 0 Å². The van der Waals surface area contributed by atoms with Gasteiger partial charge in [0.2, 0.25) is 0 Å². The first-order valence-electron chi connectivity index (χ1n) is 23.5. The molecule has 0 fully saturated rings. The molecule has 1 aromatic heterocycles. The number of halogens is 1. The minimum atomic E-state index is 0.0222. The second kappa shape index (κ2) is 16.6. The molecule has 0 bridgehead atoms. The molecule has 318 valence electrons. The molecule has 3 aliphatic rings. The van der Waals surface area contributed by atoms with Crippen LogP contribution in [0.15, 0.2) is 90.3 Å². The molecule has 0 aliphatic heterocycles. The van der Waals surface area contributed by atoms with Gasteiger partial charge in [-0.2, -0.15) is 0 Å². The summed E-state index contributed by atoms with van der Waals surface area (Å²) in [5.41, 5.74) is 18.5. The molecule has 0 spiro atoms. The third-order valence-corrected chi connectivity index (χ3v) is 15.9. The van der Waals surface area contributed by atoms with E-state index in [2.05, 4.69) is 155 Å². The van der Waals surface area contributed by atoms with Crippen LogP contribution in [0.5, 0.6) is 0 Å². The fourth-order valence-electron chi connectivity index (χ4n) is 10.7. The Bertz CT molecular complexity index is 2520. The van der Waals surface area contributed by atoms with Gasteiger partial charge in [-0.1, -0.05) is 110 Å². The Morgan fingerprint density at radius 1 is 0.525 bits per heavy atom. The Labute approximate surface area is 376 Å². The first-order valence-corrected chi connectivity index (χ1v) is 24.7. The van der Waals surface area contributed by atoms with Gasteiger partial charge in [0.25, 0.3) is 0 Å². The number of benzene rings is 5. The van der Waals surface area contributed by atoms with Gasteiger partial charge in [0.1, 0.15) is 0 Å². The predicted octanol–water partition coefficient (Wildman–Crippen LogP) is 17.8. The quantitative estimate of drug-likeness (QED) is 0.165. The highest BCUT2D eigenvalue weighted by molar-refractivity contribution is 7.17. The highest BCUT2D eigenvalue weighted by atomic mass is 35.5. The van der Waals surface area contributed by atoms with E-state index in [9.17, 15) is 0 Å². The van der Waals surface area contributed by atoms with E-state index in [-0.39, 0.29) is 16.2 Å². The predicted molar refractivity (Wildman–Crippen MR) is 267 cm³/mol. The van der Waals surface area contributed by atoms with Crippen LogP contribution in [-0.4, -0.2) is 0 Å². The van der Waals surface area contributed by atoms with Crippen molar-refractivity contribution in [2.75, 3.05) is 9.80 Å². The summed E-state index contributed by atoms with van der Waals surface area (Å²) in [6, 6.07) is 33.7. The summed E-state index contributed by atoms with van der Waals surface area (Å²) in [5, 5.41) is 4.41. The summed E-state index contributed by atoms with van der Waals surface area (Å²) in [4.78, 5) is 5.00.